The summed E-state index contributed by atoms with van der Waals surface area (Å²) in [5, 5.41) is 3.68. The Hall–Kier alpha value is -1.28. The fraction of sp³-hybridized carbons (Fsp3) is 0.231. The molecule has 1 aromatic carbocycles. The number of anilines is 1. The molecule has 0 amide bonds. The third-order valence-electron chi connectivity index (χ3n) is 2.86. The van der Waals surface area contributed by atoms with E-state index in [1.165, 1.54) is 22.2 Å². The molecule has 3 rings (SSSR count). The lowest BCUT2D eigenvalue weighted by atomic mass is 10.2. The average Bonchev–Trinajstić information content (AvgIpc) is 2.74. The van der Waals surface area contributed by atoms with Crippen LogP contribution in [0.25, 0.3) is 10.1 Å². The molecular formula is C13H13NS. The predicted molar refractivity (Wildman–Crippen MR) is 67.8 cm³/mol. The van der Waals surface area contributed by atoms with E-state index in [4.69, 9.17) is 0 Å². The Morgan fingerprint density at radius 2 is 2.07 bits per heavy atom. The van der Waals surface area contributed by atoms with Gasteiger partial charge in [0.1, 0.15) is 0 Å². The van der Waals surface area contributed by atoms with Crippen LogP contribution in [-0.4, -0.2) is 13.1 Å². The van der Waals surface area contributed by atoms with Crippen LogP contribution in [0.1, 0.15) is 6.42 Å². The van der Waals surface area contributed by atoms with Gasteiger partial charge in [0, 0.05) is 28.6 Å². The zero-order valence-corrected chi connectivity index (χ0v) is 9.33. The van der Waals surface area contributed by atoms with Crippen molar-refractivity contribution in [3.05, 3.63) is 41.8 Å². The molecule has 0 spiro atoms. The molecule has 1 aromatic heterocycles. The van der Waals surface area contributed by atoms with Gasteiger partial charge in [0.2, 0.25) is 0 Å². The number of rotatable bonds is 1. The van der Waals surface area contributed by atoms with Crippen LogP contribution in [0.2, 0.25) is 0 Å². The summed E-state index contributed by atoms with van der Waals surface area (Å²) < 4.78 is 1.39. The number of thiophene rings is 1. The molecule has 0 unspecified atom stereocenters. The molecule has 1 nitrogen and oxygen atoms in total. The lowest BCUT2D eigenvalue weighted by Crippen LogP contribution is -2.26. The van der Waals surface area contributed by atoms with Crippen molar-refractivity contribution in [3.8, 4) is 0 Å². The molecule has 0 N–H and O–H groups in total. The van der Waals surface area contributed by atoms with E-state index < -0.39 is 0 Å². The van der Waals surface area contributed by atoms with E-state index in [1.807, 2.05) is 11.3 Å². The molecule has 2 heteroatoms. The van der Waals surface area contributed by atoms with Gasteiger partial charge in [0.25, 0.3) is 0 Å². The van der Waals surface area contributed by atoms with E-state index in [1.54, 1.807) is 0 Å². The Bertz CT molecular complexity index is 498. The molecule has 0 saturated carbocycles. The standard InChI is InChI=1S/C13H13NS/c1-4-8-14(9-5-1)12-10-15-13-7-3-2-6-11(12)13/h1-4,6-7,10H,5,8-9H2. The van der Waals surface area contributed by atoms with Crippen molar-refractivity contribution < 1.29 is 0 Å². The minimum Gasteiger partial charge on any atom is -0.366 e. The van der Waals surface area contributed by atoms with Crippen LogP contribution in [0.15, 0.2) is 41.8 Å². The van der Waals surface area contributed by atoms with E-state index in [0.717, 1.165) is 13.1 Å². The van der Waals surface area contributed by atoms with Crippen molar-refractivity contribution in [2.45, 2.75) is 6.42 Å². The van der Waals surface area contributed by atoms with Crippen LogP contribution in [0.3, 0.4) is 0 Å². The van der Waals surface area contributed by atoms with Gasteiger partial charge in [-0.25, -0.2) is 0 Å². The first kappa shape index (κ1) is 8.98. The van der Waals surface area contributed by atoms with Gasteiger partial charge in [-0.1, -0.05) is 30.4 Å². The van der Waals surface area contributed by atoms with E-state index in [9.17, 15) is 0 Å². The average molecular weight is 215 g/mol. The molecular weight excluding hydrogens is 202 g/mol. The summed E-state index contributed by atoms with van der Waals surface area (Å²) in [4.78, 5) is 2.46. The molecule has 0 bridgehead atoms. The van der Waals surface area contributed by atoms with Crippen molar-refractivity contribution >= 4 is 27.1 Å². The van der Waals surface area contributed by atoms with E-state index in [2.05, 4.69) is 46.7 Å². The van der Waals surface area contributed by atoms with E-state index in [0.29, 0.717) is 0 Å². The van der Waals surface area contributed by atoms with Gasteiger partial charge in [0.15, 0.2) is 0 Å². The third kappa shape index (κ3) is 1.55. The summed E-state index contributed by atoms with van der Waals surface area (Å²) in [5.41, 5.74) is 1.40. The molecule has 15 heavy (non-hydrogen) atoms. The topological polar surface area (TPSA) is 3.24 Å². The van der Waals surface area contributed by atoms with Crippen molar-refractivity contribution in [2.24, 2.45) is 0 Å². The zero-order chi connectivity index (χ0) is 10.1. The molecule has 2 heterocycles. The highest BCUT2D eigenvalue weighted by molar-refractivity contribution is 7.17. The molecule has 0 saturated heterocycles. The Balaban J connectivity index is 2.07. The smallest absolute Gasteiger partial charge is 0.0557 e. The highest BCUT2D eigenvalue weighted by atomic mass is 32.1. The summed E-state index contributed by atoms with van der Waals surface area (Å²) in [6.07, 6.45) is 5.70. The molecule has 2 aromatic rings. The molecule has 0 fully saturated rings. The van der Waals surface area contributed by atoms with Crippen LogP contribution >= 0.6 is 11.3 Å². The monoisotopic (exact) mass is 215 g/mol. The number of nitrogens with zero attached hydrogens (tertiary/aromatic N) is 1. The second-order valence-electron chi connectivity index (χ2n) is 3.82. The van der Waals surface area contributed by atoms with E-state index in [-0.39, 0.29) is 0 Å². The molecule has 0 atom stereocenters. The Kier molecular flexibility index (Phi) is 2.22. The van der Waals surface area contributed by atoms with Crippen molar-refractivity contribution in [2.75, 3.05) is 18.0 Å². The van der Waals surface area contributed by atoms with Gasteiger partial charge in [-0.15, -0.1) is 11.3 Å². The van der Waals surface area contributed by atoms with Crippen LogP contribution in [-0.2, 0) is 0 Å². The minimum atomic E-state index is 1.06. The lowest BCUT2D eigenvalue weighted by molar-refractivity contribution is 0.826. The SMILES string of the molecule is C1=CCN(c2csc3ccccc23)CC1. The second-order valence-corrected chi connectivity index (χ2v) is 4.73. The zero-order valence-electron chi connectivity index (χ0n) is 8.52. The maximum absolute atomic E-state index is 2.46. The van der Waals surface area contributed by atoms with Crippen LogP contribution < -0.4 is 4.90 Å². The minimum absolute atomic E-state index is 1.06. The summed E-state index contributed by atoms with van der Waals surface area (Å²) in [7, 11) is 0. The number of fused-ring (bicyclic) bond motifs is 1. The van der Waals surface area contributed by atoms with Gasteiger partial charge in [0.05, 0.1) is 5.69 Å². The van der Waals surface area contributed by atoms with Crippen LogP contribution in [0, 0.1) is 0 Å². The normalized spacial score (nSPS) is 16.1. The Labute approximate surface area is 93.6 Å². The fourth-order valence-electron chi connectivity index (χ4n) is 2.07. The van der Waals surface area contributed by atoms with Crippen LogP contribution in [0.5, 0.6) is 0 Å². The van der Waals surface area contributed by atoms with Crippen molar-refractivity contribution in [1.29, 1.82) is 0 Å². The van der Waals surface area contributed by atoms with Crippen molar-refractivity contribution in [3.63, 3.8) is 0 Å². The Morgan fingerprint density at radius 1 is 1.13 bits per heavy atom. The summed E-state index contributed by atoms with van der Waals surface area (Å²) in [6, 6.07) is 8.65. The molecule has 76 valence electrons. The summed E-state index contributed by atoms with van der Waals surface area (Å²) in [5.74, 6) is 0. The first-order valence-corrected chi connectivity index (χ1v) is 6.19. The number of hydrogen-bond donors (Lipinski definition) is 0. The third-order valence-corrected chi connectivity index (χ3v) is 3.81. The number of hydrogen-bond acceptors (Lipinski definition) is 2. The maximum atomic E-state index is 2.46. The first-order valence-electron chi connectivity index (χ1n) is 5.31. The Morgan fingerprint density at radius 3 is 2.93 bits per heavy atom. The second kappa shape index (κ2) is 3.70. The molecule has 1 aliphatic heterocycles. The maximum Gasteiger partial charge on any atom is 0.0557 e. The summed E-state index contributed by atoms with van der Waals surface area (Å²) in [6.45, 7) is 2.21. The highest BCUT2D eigenvalue weighted by Gasteiger charge is 2.11. The number of benzene rings is 1. The highest BCUT2D eigenvalue weighted by Crippen LogP contribution is 2.33. The molecule has 0 aliphatic carbocycles. The van der Waals surface area contributed by atoms with Gasteiger partial charge in [-0.3, -0.25) is 0 Å². The molecule has 0 radical (unpaired) electrons. The quantitative estimate of drug-likeness (QED) is 0.656. The van der Waals surface area contributed by atoms with Crippen molar-refractivity contribution in [1.82, 2.24) is 0 Å². The molecule has 1 aliphatic rings. The van der Waals surface area contributed by atoms with Crippen LogP contribution in [0.4, 0.5) is 5.69 Å². The largest absolute Gasteiger partial charge is 0.366 e. The summed E-state index contributed by atoms with van der Waals surface area (Å²) >= 11 is 1.84. The lowest BCUT2D eigenvalue weighted by Gasteiger charge is -2.24. The van der Waals surface area contributed by atoms with E-state index >= 15 is 0 Å². The van der Waals surface area contributed by atoms with Gasteiger partial charge in [-0.2, -0.15) is 0 Å². The predicted octanol–water partition coefficient (Wildman–Crippen LogP) is 3.67. The van der Waals surface area contributed by atoms with Gasteiger partial charge in [-0.05, 0) is 12.5 Å². The van der Waals surface area contributed by atoms with Gasteiger partial charge < -0.3 is 4.90 Å². The fourth-order valence-corrected chi connectivity index (χ4v) is 3.04. The first-order chi connectivity index (χ1) is 7.45. The van der Waals surface area contributed by atoms with Gasteiger partial charge >= 0.3 is 0 Å².